The number of likely N-dealkylation sites (N-methyl/N-ethyl adjacent to an activating group) is 1. The zero-order chi connectivity index (χ0) is 22.3. The molecule has 176 valence electrons. The van der Waals surface area contributed by atoms with Crippen molar-refractivity contribution in [2.24, 2.45) is 0 Å². The summed E-state index contributed by atoms with van der Waals surface area (Å²) in [6.07, 6.45) is 7.92. The van der Waals surface area contributed by atoms with Crippen molar-refractivity contribution in [2.75, 3.05) is 51.2 Å². The van der Waals surface area contributed by atoms with Crippen molar-refractivity contribution in [3.63, 3.8) is 0 Å². The third-order valence-corrected chi connectivity index (χ3v) is 5.89. The molecule has 1 aliphatic rings. The molecule has 6 nitrogen and oxygen atoms in total. The number of piperidine rings is 1. The van der Waals surface area contributed by atoms with Gasteiger partial charge in [-0.05, 0) is 57.6 Å². The van der Waals surface area contributed by atoms with Gasteiger partial charge in [-0.15, -0.1) is 0 Å². The first-order valence-corrected chi connectivity index (χ1v) is 12.3. The Morgan fingerprint density at radius 2 is 1.87 bits per heavy atom. The molecule has 6 heteroatoms. The number of carbonyl (C=O) groups is 1. The number of nitrogens with one attached hydrogen (secondary N) is 1. The summed E-state index contributed by atoms with van der Waals surface area (Å²) in [4.78, 5) is 17.4. The van der Waals surface area contributed by atoms with Crippen LogP contribution in [0.25, 0.3) is 0 Å². The van der Waals surface area contributed by atoms with Crippen molar-refractivity contribution in [3.05, 3.63) is 24.3 Å². The normalized spacial score (nSPS) is 15.6. The summed E-state index contributed by atoms with van der Waals surface area (Å²) < 4.78 is 11.7. The van der Waals surface area contributed by atoms with E-state index in [0.29, 0.717) is 12.3 Å². The number of carbonyl (C=O) groups excluding carboxylic acids is 1. The number of unbranched alkanes of at least 4 members (excludes halogenated alkanes) is 3. The van der Waals surface area contributed by atoms with Crippen LogP contribution in [-0.2, 0) is 4.74 Å². The largest absolute Gasteiger partial charge is 0.494 e. The summed E-state index contributed by atoms with van der Waals surface area (Å²) in [5.41, 5.74) is 0.704. The molecule has 1 atom stereocenters. The van der Waals surface area contributed by atoms with Crippen LogP contribution < -0.4 is 10.1 Å². The SMILES string of the molecule is CCCCCCOc1cccc(NC(=O)OC(CN(CC)CC)CN2CCCCC2)c1. The Kier molecular flexibility index (Phi) is 12.4. The Balaban J connectivity index is 1.87. The van der Waals surface area contributed by atoms with Gasteiger partial charge in [-0.2, -0.15) is 0 Å². The molecule has 0 bridgehead atoms. The number of likely N-dealkylation sites (tertiary alicyclic amines) is 1. The van der Waals surface area contributed by atoms with Crippen LogP contribution in [-0.4, -0.2) is 67.9 Å². The fourth-order valence-corrected chi connectivity index (χ4v) is 4.01. The molecule has 0 radical (unpaired) electrons. The molecule has 1 N–H and O–H groups in total. The van der Waals surface area contributed by atoms with Crippen molar-refractivity contribution in [1.82, 2.24) is 9.80 Å². The summed E-state index contributed by atoms with van der Waals surface area (Å²) >= 11 is 0. The Morgan fingerprint density at radius 1 is 1.10 bits per heavy atom. The van der Waals surface area contributed by atoms with Gasteiger partial charge in [0.05, 0.1) is 6.61 Å². The highest BCUT2D eigenvalue weighted by atomic mass is 16.6. The first-order chi connectivity index (χ1) is 15.1. The minimum absolute atomic E-state index is 0.143. The lowest BCUT2D eigenvalue weighted by atomic mass is 10.1. The maximum Gasteiger partial charge on any atom is 0.411 e. The van der Waals surface area contributed by atoms with Gasteiger partial charge in [0, 0.05) is 24.8 Å². The molecule has 1 aliphatic heterocycles. The Bertz CT molecular complexity index is 616. The molecule has 1 saturated heterocycles. The van der Waals surface area contributed by atoms with Crippen LogP contribution in [0.2, 0.25) is 0 Å². The number of rotatable bonds is 14. The summed E-state index contributed by atoms with van der Waals surface area (Å²) in [5.74, 6) is 0.780. The second kappa shape index (κ2) is 15.1. The van der Waals surface area contributed by atoms with Crippen molar-refractivity contribution in [1.29, 1.82) is 0 Å². The lowest BCUT2D eigenvalue weighted by molar-refractivity contribution is 0.0503. The van der Waals surface area contributed by atoms with Gasteiger partial charge in [0.25, 0.3) is 0 Å². The van der Waals surface area contributed by atoms with Crippen LogP contribution in [0.3, 0.4) is 0 Å². The molecule has 0 aliphatic carbocycles. The van der Waals surface area contributed by atoms with E-state index in [0.717, 1.165) is 51.4 Å². The standard InChI is InChI=1S/C25H43N3O3/c1-4-7-8-12-18-30-23-15-13-14-22(19-23)26-25(29)31-24(20-27(5-2)6-3)21-28-16-10-9-11-17-28/h13-15,19,24H,4-12,16-18,20-21H2,1-3H3,(H,26,29). The van der Waals surface area contributed by atoms with Gasteiger partial charge in [-0.25, -0.2) is 4.79 Å². The van der Waals surface area contributed by atoms with Crippen LogP contribution in [0.4, 0.5) is 10.5 Å². The van der Waals surface area contributed by atoms with Gasteiger partial charge in [0.15, 0.2) is 0 Å². The number of hydrogen-bond donors (Lipinski definition) is 1. The zero-order valence-corrected chi connectivity index (χ0v) is 19.9. The van der Waals surface area contributed by atoms with E-state index in [9.17, 15) is 4.79 Å². The predicted octanol–water partition coefficient (Wildman–Crippen LogP) is 5.39. The summed E-state index contributed by atoms with van der Waals surface area (Å²) in [6, 6.07) is 7.56. The minimum Gasteiger partial charge on any atom is -0.494 e. The van der Waals surface area contributed by atoms with Crippen LogP contribution in [0.15, 0.2) is 24.3 Å². The third kappa shape index (κ3) is 10.4. The van der Waals surface area contributed by atoms with Crippen LogP contribution >= 0.6 is 0 Å². The van der Waals surface area contributed by atoms with Crippen LogP contribution in [0.5, 0.6) is 5.75 Å². The Labute approximate surface area is 189 Å². The monoisotopic (exact) mass is 433 g/mol. The number of hydrogen-bond acceptors (Lipinski definition) is 5. The highest BCUT2D eigenvalue weighted by Gasteiger charge is 2.22. The maximum absolute atomic E-state index is 12.7. The van der Waals surface area contributed by atoms with Crippen molar-refractivity contribution >= 4 is 11.8 Å². The number of amides is 1. The van der Waals surface area contributed by atoms with E-state index in [1.165, 1.54) is 38.5 Å². The van der Waals surface area contributed by atoms with E-state index in [-0.39, 0.29) is 6.10 Å². The smallest absolute Gasteiger partial charge is 0.411 e. The van der Waals surface area contributed by atoms with E-state index >= 15 is 0 Å². The number of benzene rings is 1. The van der Waals surface area contributed by atoms with Crippen molar-refractivity contribution < 1.29 is 14.3 Å². The molecular weight excluding hydrogens is 390 g/mol. The molecule has 0 spiro atoms. The predicted molar refractivity (Wildman–Crippen MR) is 128 cm³/mol. The van der Waals surface area contributed by atoms with E-state index < -0.39 is 6.09 Å². The molecule has 31 heavy (non-hydrogen) atoms. The highest BCUT2D eigenvalue weighted by Crippen LogP contribution is 2.19. The molecule has 1 aromatic carbocycles. The summed E-state index contributed by atoms with van der Waals surface area (Å²) in [6.45, 7) is 12.9. The average Bonchev–Trinajstić information content (AvgIpc) is 2.78. The molecule has 2 rings (SSSR count). The van der Waals surface area contributed by atoms with E-state index in [4.69, 9.17) is 9.47 Å². The van der Waals surface area contributed by atoms with Crippen LogP contribution in [0, 0.1) is 0 Å². The van der Waals surface area contributed by atoms with E-state index in [1.807, 2.05) is 24.3 Å². The molecule has 1 aromatic rings. The van der Waals surface area contributed by atoms with Crippen molar-refractivity contribution in [3.8, 4) is 5.75 Å². The Hall–Kier alpha value is -1.79. The Morgan fingerprint density at radius 3 is 2.58 bits per heavy atom. The van der Waals surface area contributed by atoms with Gasteiger partial charge >= 0.3 is 6.09 Å². The van der Waals surface area contributed by atoms with E-state index in [2.05, 4.69) is 35.9 Å². The van der Waals surface area contributed by atoms with Gasteiger partial charge < -0.3 is 14.4 Å². The van der Waals surface area contributed by atoms with Gasteiger partial charge in [0.2, 0.25) is 0 Å². The second-order valence-electron chi connectivity index (χ2n) is 8.44. The highest BCUT2D eigenvalue weighted by molar-refractivity contribution is 5.85. The summed E-state index contributed by atoms with van der Waals surface area (Å²) in [7, 11) is 0. The van der Waals surface area contributed by atoms with Gasteiger partial charge in [-0.1, -0.05) is 52.5 Å². The fraction of sp³-hybridized carbons (Fsp3) is 0.720. The molecule has 1 fully saturated rings. The molecule has 1 heterocycles. The average molecular weight is 434 g/mol. The topological polar surface area (TPSA) is 54.0 Å². The van der Waals surface area contributed by atoms with Gasteiger partial charge in [0.1, 0.15) is 11.9 Å². The maximum atomic E-state index is 12.7. The second-order valence-corrected chi connectivity index (χ2v) is 8.44. The van der Waals surface area contributed by atoms with Crippen LogP contribution in [0.1, 0.15) is 65.7 Å². The quantitative estimate of drug-likeness (QED) is 0.399. The molecular formula is C25H43N3O3. The minimum atomic E-state index is -0.394. The first-order valence-electron chi connectivity index (χ1n) is 12.3. The molecule has 0 aromatic heterocycles. The zero-order valence-electron chi connectivity index (χ0n) is 19.9. The number of nitrogens with zero attached hydrogens (tertiary/aromatic N) is 2. The molecule has 1 amide bonds. The fourth-order valence-electron chi connectivity index (χ4n) is 4.01. The lowest BCUT2D eigenvalue weighted by Gasteiger charge is -2.32. The molecule has 1 unspecified atom stereocenters. The van der Waals surface area contributed by atoms with Gasteiger partial charge in [-0.3, -0.25) is 10.2 Å². The number of ether oxygens (including phenoxy) is 2. The van der Waals surface area contributed by atoms with E-state index in [1.54, 1.807) is 0 Å². The molecule has 0 saturated carbocycles. The summed E-state index contributed by atoms with van der Waals surface area (Å²) in [5, 5.41) is 2.89. The third-order valence-electron chi connectivity index (χ3n) is 5.89. The van der Waals surface area contributed by atoms with Crippen molar-refractivity contribution in [2.45, 2.75) is 71.8 Å². The lowest BCUT2D eigenvalue weighted by Crippen LogP contribution is -2.44. The number of anilines is 1. The first kappa shape index (κ1) is 25.5.